The second kappa shape index (κ2) is 15.3. The third kappa shape index (κ3) is 10.5. The van der Waals surface area contributed by atoms with E-state index in [1.165, 1.54) is 11.3 Å². The van der Waals surface area contributed by atoms with Gasteiger partial charge in [0.15, 0.2) is 5.96 Å². The summed E-state index contributed by atoms with van der Waals surface area (Å²) in [5.74, 6) is 0.867. The van der Waals surface area contributed by atoms with E-state index in [0.717, 1.165) is 58.2 Å². The minimum atomic E-state index is 0. The molecule has 25 heavy (non-hydrogen) atoms. The quantitative estimate of drug-likeness (QED) is 0.229. The van der Waals surface area contributed by atoms with E-state index in [0.29, 0.717) is 0 Å². The molecule has 0 fully saturated rings. The summed E-state index contributed by atoms with van der Waals surface area (Å²) < 4.78 is 5.34. The summed E-state index contributed by atoms with van der Waals surface area (Å²) in [6.07, 6.45) is 2.17. The number of benzene rings is 1. The average molecular weight is 462 g/mol. The lowest BCUT2D eigenvalue weighted by Gasteiger charge is -2.24. The predicted molar refractivity (Wildman–Crippen MR) is 120 cm³/mol. The fraction of sp³-hybridized carbons (Fsp3) is 0.632. The largest absolute Gasteiger partial charge is 0.382 e. The van der Waals surface area contributed by atoms with Gasteiger partial charge in [-0.25, -0.2) is 0 Å². The first-order valence-electron chi connectivity index (χ1n) is 9.05. The molecular formula is C19H35IN4O. The topological polar surface area (TPSA) is 48.9 Å². The van der Waals surface area contributed by atoms with E-state index < -0.39 is 0 Å². The maximum atomic E-state index is 5.34. The van der Waals surface area contributed by atoms with Gasteiger partial charge in [0.05, 0.1) is 0 Å². The highest BCUT2D eigenvalue weighted by atomic mass is 127. The summed E-state index contributed by atoms with van der Waals surface area (Å²) in [5, 5.41) is 6.74. The van der Waals surface area contributed by atoms with Crippen LogP contribution in [0, 0.1) is 6.92 Å². The van der Waals surface area contributed by atoms with Crippen molar-refractivity contribution in [1.29, 1.82) is 0 Å². The van der Waals surface area contributed by atoms with Crippen LogP contribution in [0.15, 0.2) is 29.3 Å². The summed E-state index contributed by atoms with van der Waals surface area (Å²) >= 11 is 0. The number of hydrogen-bond acceptors (Lipinski definition) is 3. The van der Waals surface area contributed by atoms with Crippen molar-refractivity contribution in [3.8, 4) is 0 Å². The van der Waals surface area contributed by atoms with Crippen molar-refractivity contribution in [3.05, 3.63) is 29.8 Å². The second-order valence-electron chi connectivity index (χ2n) is 5.75. The van der Waals surface area contributed by atoms with E-state index in [9.17, 15) is 0 Å². The van der Waals surface area contributed by atoms with Gasteiger partial charge in [0.2, 0.25) is 0 Å². The van der Waals surface area contributed by atoms with Crippen molar-refractivity contribution in [3.63, 3.8) is 0 Å². The fourth-order valence-electron chi connectivity index (χ4n) is 2.50. The normalized spacial score (nSPS) is 11.0. The molecule has 2 N–H and O–H groups in total. The number of aliphatic imine (C=N–C) groups is 1. The Hall–Kier alpha value is -1.02. The zero-order chi connectivity index (χ0) is 17.6. The Kier molecular flexibility index (Phi) is 14.6. The van der Waals surface area contributed by atoms with Gasteiger partial charge >= 0.3 is 0 Å². The average Bonchev–Trinajstić information content (AvgIpc) is 2.59. The summed E-state index contributed by atoms with van der Waals surface area (Å²) in [6.45, 7) is 11.7. The Morgan fingerprint density at radius 3 is 2.56 bits per heavy atom. The highest BCUT2D eigenvalue weighted by Crippen LogP contribution is 2.14. The van der Waals surface area contributed by atoms with Crippen LogP contribution in [0.1, 0.15) is 32.3 Å². The molecule has 1 aromatic rings. The van der Waals surface area contributed by atoms with Crippen LogP contribution in [0.3, 0.4) is 0 Å². The Morgan fingerprint density at radius 1 is 1.16 bits per heavy atom. The first kappa shape index (κ1) is 24.0. The monoisotopic (exact) mass is 462 g/mol. The van der Waals surface area contributed by atoms with Gasteiger partial charge in [0.1, 0.15) is 0 Å². The molecule has 0 saturated carbocycles. The Labute approximate surface area is 170 Å². The lowest BCUT2D eigenvalue weighted by atomic mass is 10.2. The van der Waals surface area contributed by atoms with Crippen LogP contribution in [0.4, 0.5) is 5.69 Å². The Morgan fingerprint density at radius 2 is 1.92 bits per heavy atom. The highest BCUT2D eigenvalue weighted by Gasteiger charge is 2.04. The molecule has 0 aliphatic rings. The number of likely N-dealkylation sites (N-methyl/N-ethyl adjacent to an activating group) is 1. The van der Waals surface area contributed by atoms with Crippen molar-refractivity contribution in [2.75, 3.05) is 51.3 Å². The summed E-state index contributed by atoms with van der Waals surface area (Å²) in [6, 6.07) is 8.65. The minimum Gasteiger partial charge on any atom is -0.382 e. The molecule has 0 spiro atoms. The molecule has 0 bridgehead atoms. The SMILES string of the molecule is CCOCCCCNC(=NC)NCCN(CC)c1cccc(C)c1.I. The standard InChI is InChI=1S/C19H34N4O.HI/c1-5-23(18-11-9-10-17(3)16-18)14-13-22-19(20-4)21-12-7-8-15-24-6-2;/h9-11,16H,5-8,12-15H2,1-4H3,(H2,20,21,22);1H. The van der Waals surface area contributed by atoms with Gasteiger partial charge in [-0.1, -0.05) is 12.1 Å². The molecule has 0 unspecified atom stereocenters. The lowest BCUT2D eigenvalue weighted by Crippen LogP contribution is -2.42. The van der Waals surface area contributed by atoms with E-state index in [2.05, 4.69) is 58.6 Å². The first-order chi connectivity index (χ1) is 11.7. The Bertz CT molecular complexity index is 482. The number of guanidine groups is 1. The van der Waals surface area contributed by atoms with E-state index in [1.54, 1.807) is 0 Å². The number of ether oxygens (including phenoxy) is 1. The molecule has 1 aromatic carbocycles. The van der Waals surface area contributed by atoms with E-state index in [1.807, 2.05) is 14.0 Å². The van der Waals surface area contributed by atoms with Crippen molar-refractivity contribution < 1.29 is 4.74 Å². The van der Waals surface area contributed by atoms with Gasteiger partial charge in [-0.05, 0) is 51.3 Å². The molecule has 0 aromatic heterocycles. The predicted octanol–water partition coefficient (Wildman–Crippen LogP) is 3.42. The molecule has 1 rings (SSSR count). The van der Waals surface area contributed by atoms with Crippen LogP contribution in [-0.4, -0.2) is 52.4 Å². The van der Waals surface area contributed by atoms with E-state index >= 15 is 0 Å². The molecule has 0 aliphatic heterocycles. The summed E-state index contributed by atoms with van der Waals surface area (Å²) in [4.78, 5) is 6.65. The van der Waals surface area contributed by atoms with Crippen LogP contribution in [0.2, 0.25) is 0 Å². The molecule has 0 atom stereocenters. The molecule has 5 nitrogen and oxygen atoms in total. The zero-order valence-electron chi connectivity index (χ0n) is 16.2. The number of hydrogen-bond donors (Lipinski definition) is 2. The molecule has 0 saturated heterocycles. The smallest absolute Gasteiger partial charge is 0.191 e. The van der Waals surface area contributed by atoms with Crippen molar-refractivity contribution >= 4 is 35.6 Å². The van der Waals surface area contributed by atoms with Crippen LogP contribution in [0.5, 0.6) is 0 Å². The number of nitrogens with zero attached hydrogens (tertiary/aromatic N) is 2. The molecule has 0 radical (unpaired) electrons. The van der Waals surface area contributed by atoms with E-state index in [4.69, 9.17) is 4.74 Å². The van der Waals surface area contributed by atoms with Crippen LogP contribution >= 0.6 is 24.0 Å². The van der Waals surface area contributed by atoms with Crippen LogP contribution in [-0.2, 0) is 4.74 Å². The van der Waals surface area contributed by atoms with Gasteiger partial charge in [-0.3, -0.25) is 4.99 Å². The number of aryl methyl sites for hydroxylation is 1. The van der Waals surface area contributed by atoms with Gasteiger partial charge in [0.25, 0.3) is 0 Å². The molecular weight excluding hydrogens is 427 g/mol. The van der Waals surface area contributed by atoms with Crippen molar-refractivity contribution in [2.45, 2.75) is 33.6 Å². The molecule has 6 heteroatoms. The number of anilines is 1. The maximum Gasteiger partial charge on any atom is 0.191 e. The molecule has 0 heterocycles. The van der Waals surface area contributed by atoms with Crippen LogP contribution < -0.4 is 15.5 Å². The third-order valence-electron chi connectivity index (χ3n) is 3.86. The maximum absolute atomic E-state index is 5.34. The van der Waals surface area contributed by atoms with Gasteiger partial charge in [-0.2, -0.15) is 0 Å². The third-order valence-corrected chi connectivity index (χ3v) is 3.86. The number of nitrogens with one attached hydrogen (secondary N) is 2. The fourth-order valence-corrected chi connectivity index (χ4v) is 2.50. The molecule has 0 amide bonds. The zero-order valence-corrected chi connectivity index (χ0v) is 18.5. The molecule has 0 aliphatic carbocycles. The minimum absolute atomic E-state index is 0. The summed E-state index contributed by atoms with van der Waals surface area (Å²) in [5.41, 5.74) is 2.57. The van der Waals surface area contributed by atoms with E-state index in [-0.39, 0.29) is 24.0 Å². The second-order valence-corrected chi connectivity index (χ2v) is 5.75. The van der Waals surface area contributed by atoms with Gasteiger partial charge < -0.3 is 20.3 Å². The Balaban J connectivity index is 0.00000576. The summed E-state index contributed by atoms with van der Waals surface area (Å²) in [7, 11) is 1.81. The molecule has 144 valence electrons. The van der Waals surface area contributed by atoms with Gasteiger partial charge in [0, 0.05) is 52.1 Å². The van der Waals surface area contributed by atoms with Crippen LogP contribution in [0.25, 0.3) is 0 Å². The van der Waals surface area contributed by atoms with Crippen molar-refractivity contribution in [1.82, 2.24) is 10.6 Å². The number of unbranched alkanes of at least 4 members (excludes halogenated alkanes) is 1. The van der Waals surface area contributed by atoms with Gasteiger partial charge in [-0.15, -0.1) is 24.0 Å². The van der Waals surface area contributed by atoms with Crippen molar-refractivity contribution in [2.24, 2.45) is 4.99 Å². The number of rotatable bonds is 11. The number of halogens is 1. The highest BCUT2D eigenvalue weighted by molar-refractivity contribution is 14.0. The first-order valence-corrected chi connectivity index (χ1v) is 9.05. The lowest BCUT2D eigenvalue weighted by molar-refractivity contribution is 0.143.